The van der Waals surface area contributed by atoms with Crippen LogP contribution in [0.4, 0.5) is 0 Å². The normalized spacial score (nSPS) is 11.6. The molecule has 0 fully saturated rings. The van der Waals surface area contributed by atoms with E-state index in [0.717, 1.165) is 0 Å². The van der Waals surface area contributed by atoms with Gasteiger partial charge in [-0.1, -0.05) is 185 Å². The zero-order chi connectivity index (χ0) is 27.8. The Bertz CT molecular complexity index is 831. The van der Waals surface area contributed by atoms with Gasteiger partial charge in [-0.25, -0.2) is 0 Å². The average Bonchev–Trinajstić information content (AvgIpc) is 2.95. The summed E-state index contributed by atoms with van der Waals surface area (Å²) in [6, 6.07) is 11.6. The van der Waals surface area contributed by atoms with Gasteiger partial charge in [0.25, 0.3) is 0 Å². The number of fused-ring (bicyclic) bond motifs is 1. The molecule has 0 saturated carbocycles. The first-order valence-electron chi connectivity index (χ1n) is 17.8. The average molecular weight is 535 g/mol. The van der Waals surface area contributed by atoms with Gasteiger partial charge in [0.1, 0.15) is 0 Å². The third-order valence-corrected chi connectivity index (χ3v) is 9.11. The van der Waals surface area contributed by atoms with E-state index in [4.69, 9.17) is 0 Å². The van der Waals surface area contributed by atoms with Crippen LogP contribution < -0.4 is 0 Å². The molecule has 0 aliphatic rings. The molecule has 0 atom stereocenters. The Morgan fingerprint density at radius 2 is 0.821 bits per heavy atom. The number of unbranched alkanes of at least 4 members (excludes halogenated alkanes) is 22. The Kier molecular flexibility index (Phi) is 20.4. The highest BCUT2D eigenvalue weighted by atomic mass is 14.2. The fraction of sp³-hybridized carbons (Fsp3) is 0.744. The zero-order valence-corrected chi connectivity index (χ0v) is 26.8. The Morgan fingerprint density at radius 1 is 0.436 bits per heavy atom. The first-order valence-corrected chi connectivity index (χ1v) is 17.8. The van der Waals surface area contributed by atoms with Crippen LogP contribution in [0.25, 0.3) is 10.8 Å². The molecule has 2 rings (SSSR count). The van der Waals surface area contributed by atoms with E-state index in [2.05, 4.69) is 51.1 Å². The fourth-order valence-electron chi connectivity index (χ4n) is 6.51. The maximum atomic E-state index is 2.54. The van der Waals surface area contributed by atoms with Gasteiger partial charge in [0.05, 0.1) is 0 Å². The highest BCUT2D eigenvalue weighted by Crippen LogP contribution is 2.29. The Hall–Kier alpha value is -1.30. The molecule has 0 heteroatoms. The molecule has 0 amide bonds. The van der Waals surface area contributed by atoms with Crippen molar-refractivity contribution in [2.75, 3.05) is 0 Å². The van der Waals surface area contributed by atoms with Gasteiger partial charge in [0.2, 0.25) is 0 Å². The largest absolute Gasteiger partial charge is 0.0654 e. The molecule has 0 bridgehead atoms. The molecule has 0 saturated heterocycles. The molecule has 222 valence electrons. The maximum absolute atomic E-state index is 2.54. The van der Waals surface area contributed by atoms with Crippen LogP contribution >= 0.6 is 0 Å². The van der Waals surface area contributed by atoms with E-state index in [1.165, 1.54) is 178 Å². The molecule has 39 heavy (non-hydrogen) atoms. The summed E-state index contributed by atoms with van der Waals surface area (Å²) in [5.41, 5.74) is 4.90. The molecule has 2 aromatic rings. The van der Waals surface area contributed by atoms with Crippen molar-refractivity contribution >= 4 is 10.8 Å². The molecule has 0 radical (unpaired) electrons. The Balaban J connectivity index is 1.66. The maximum Gasteiger partial charge on any atom is -0.0152 e. The second-order valence-electron chi connectivity index (χ2n) is 12.6. The minimum absolute atomic E-state index is 1.27. The van der Waals surface area contributed by atoms with Crippen molar-refractivity contribution in [3.63, 3.8) is 0 Å². The SMILES string of the molecule is CCCCCCCCCCCCCCc1cc2ccccc2c(C)c1CCCCCCCCCCCCCC. The number of benzene rings is 2. The van der Waals surface area contributed by atoms with Crippen LogP contribution in [0.3, 0.4) is 0 Å². The van der Waals surface area contributed by atoms with Crippen LogP contribution in [0.15, 0.2) is 30.3 Å². The molecular weight excluding hydrogens is 468 g/mol. The van der Waals surface area contributed by atoms with Crippen molar-refractivity contribution in [1.29, 1.82) is 0 Å². The lowest BCUT2D eigenvalue weighted by Gasteiger charge is -2.16. The standard InChI is InChI=1S/C39H66/c1-4-6-8-10-12-14-16-18-20-22-24-26-30-36-34-37-31-28-29-33-39(37)35(3)38(36)32-27-25-23-21-19-17-15-13-11-9-7-5-2/h28-29,31,33-34H,4-27,30,32H2,1-3H3. The summed E-state index contributed by atoms with van der Waals surface area (Å²) in [6.07, 6.45) is 36.9. The van der Waals surface area contributed by atoms with Gasteiger partial charge in [-0.05, 0) is 60.1 Å². The molecule has 0 unspecified atom stereocenters. The quantitative estimate of drug-likeness (QED) is 0.105. The molecule has 0 heterocycles. The van der Waals surface area contributed by atoms with E-state index in [9.17, 15) is 0 Å². The van der Waals surface area contributed by atoms with Crippen LogP contribution in [0.5, 0.6) is 0 Å². The van der Waals surface area contributed by atoms with Crippen LogP contribution in [-0.4, -0.2) is 0 Å². The topological polar surface area (TPSA) is 0 Å². The van der Waals surface area contributed by atoms with Crippen molar-refractivity contribution in [3.8, 4) is 0 Å². The van der Waals surface area contributed by atoms with E-state index in [1.54, 1.807) is 16.7 Å². The molecule has 0 aromatic heterocycles. The highest BCUT2D eigenvalue weighted by molar-refractivity contribution is 5.87. The zero-order valence-electron chi connectivity index (χ0n) is 26.8. The minimum Gasteiger partial charge on any atom is -0.0654 e. The molecular formula is C39H66. The van der Waals surface area contributed by atoms with E-state index >= 15 is 0 Å². The number of hydrogen-bond acceptors (Lipinski definition) is 0. The van der Waals surface area contributed by atoms with Crippen molar-refractivity contribution in [1.82, 2.24) is 0 Å². The minimum atomic E-state index is 1.27. The first-order chi connectivity index (χ1) is 19.3. The van der Waals surface area contributed by atoms with Crippen LogP contribution in [0.2, 0.25) is 0 Å². The predicted molar refractivity (Wildman–Crippen MR) is 178 cm³/mol. The number of aryl methyl sites for hydroxylation is 2. The van der Waals surface area contributed by atoms with E-state index in [1.807, 2.05) is 0 Å². The summed E-state index contributed by atoms with van der Waals surface area (Å²) in [6.45, 7) is 7.01. The summed E-state index contributed by atoms with van der Waals surface area (Å²) < 4.78 is 0. The number of rotatable bonds is 26. The fourth-order valence-corrected chi connectivity index (χ4v) is 6.51. The summed E-state index contributed by atoms with van der Waals surface area (Å²) in [7, 11) is 0. The van der Waals surface area contributed by atoms with Gasteiger partial charge in [-0.2, -0.15) is 0 Å². The molecule has 0 spiro atoms. The van der Waals surface area contributed by atoms with Crippen LogP contribution in [0.1, 0.15) is 185 Å². The third kappa shape index (κ3) is 15.3. The summed E-state index contributed by atoms with van der Waals surface area (Å²) in [5.74, 6) is 0. The van der Waals surface area contributed by atoms with Gasteiger partial charge >= 0.3 is 0 Å². The van der Waals surface area contributed by atoms with Gasteiger partial charge in [-0.15, -0.1) is 0 Å². The second-order valence-corrected chi connectivity index (χ2v) is 12.6. The summed E-state index contributed by atoms with van der Waals surface area (Å²) in [4.78, 5) is 0. The van der Waals surface area contributed by atoms with Crippen LogP contribution in [0, 0.1) is 6.92 Å². The van der Waals surface area contributed by atoms with Crippen molar-refractivity contribution < 1.29 is 0 Å². The third-order valence-electron chi connectivity index (χ3n) is 9.11. The second kappa shape index (κ2) is 23.4. The van der Waals surface area contributed by atoms with E-state index in [-0.39, 0.29) is 0 Å². The molecule has 2 aromatic carbocycles. The first kappa shape index (κ1) is 33.9. The summed E-state index contributed by atoms with van der Waals surface area (Å²) >= 11 is 0. The van der Waals surface area contributed by atoms with Crippen molar-refractivity contribution in [3.05, 3.63) is 47.0 Å². The van der Waals surface area contributed by atoms with Crippen LogP contribution in [-0.2, 0) is 12.8 Å². The Morgan fingerprint density at radius 3 is 1.28 bits per heavy atom. The molecule has 0 aliphatic carbocycles. The Labute approximate surface area is 245 Å². The molecule has 0 N–H and O–H groups in total. The van der Waals surface area contributed by atoms with Gasteiger partial charge < -0.3 is 0 Å². The van der Waals surface area contributed by atoms with Gasteiger partial charge in [0.15, 0.2) is 0 Å². The predicted octanol–water partition coefficient (Wildman–Crippen LogP) is 13.6. The summed E-state index contributed by atoms with van der Waals surface area (Å²) in [5, 5.41) is 2.92. The van der Waals surface area contributed by atoms with Crippen molar-refractivity contribution in [2.24, 2.45) is 0 Å². The monoisotopic (exact) mass is 535 g/mol. The van der Waals surface area contributed by atoms with E-state index in [0.29, 0.717) is 0 Å². The lowest BCUT2D eigenvalue weighted by atomic mass is 9.89. The smallest absolute Gasteiger partial charge is 0.0152 e. The van der Waals surface area contributed by atoms with Gasteiger partial charge in [-0.3, -0.25) is 0 Å². The lowest BCUT2D eigenvalue weighted by Crippen LogP contribution is -2.00. The lowest BCUT2D eigenvalue weighted by molar-refractivity contribution is 0.542. The van der Waals surface area contributed by atoms with Gasteiger partial charge in [0, 0.05) is 0 Å². The van der Waals surface area contributed by atoms with Crippen molar-refractivity contribution in [2.45, 2.75) is 188 Å². The van der Waals surface area contributed by atoms with E-state index < -0.39 is 0 Å². The molecule has 0 aliphatic heterocycles. The molecule has 0 nitrogen and oxygen atoms in total. The number of hydrogen-bond donors (Lipinski definition) is 0. The highest BCUT2D eigenvalue weighted by Gasteiger charge is 2.10.